The Hall–Kier alpha value is -0.236. The van der Waals surface area contributed by atoms with Gasteiger partial charge in [-0.2, -0.15) is 11.5 Å². The van der Waals surface area contributed by atoms with E-state index in [1.807, 2.05) is 0 Å². The average molecular weight is 212 g/mol. The standard InChI is InChI=1S/C10H9S.V/c1-2-8-3-4-10-9(7-8)5-6-11-10;/h3-5,7H,2H2,1H3;/q-1;. The van der Waals surface area contributed by atoms with Gasteiger partial charge in [-0.1, -0.05) is 18.6 Å². The molecule has 0 spiro atoms. The normalized spacial score (nSPS) is 9.75. The molecule has 0 aliphatic carbocycles. The molecule has 2 aromatic rings. The van der Waals surface area contributed by atoms with Crippen LogP contribution in [0.5, 0.6) is 0 Å². The molecular weight excluding hydrogens is 203 g/mol. The van der Waals surface area contributed by atoms with Gasteiger partial charge >= 0.3 is 0 Å². The van der Waals surface area contributed by atoms with E-state index in [2.05, 4.69) is 36.6 Å². The zero-order valence-electron chi connectivity index (χ0n) is 6.87. The van der Waals surface area contributed by atoms with Gasteiger partial charge in [0, 0.05) is 18.6 Å². The summed E-state index contributed by atoms with van der Waals surface area (Å²) in [6.07, 6.45) is 1.12. The third kappa shape index (κ3) is 1.74. The monoisotopic (exact) mass is 212 g/mol. The van der Waals surface area contributed by atoms with Crippen molar-refractivity contribution in [3.8, 4) is 0 Å². The molecule has 1 aromatic carbocycles. The van der Waals surface area contributed by atoms with Crippen LogP contribution in [0.4, 0.5) is 0 Å². The maximum atomic E-state index is 3.13. The number of fused-ring (bicyclic) bond motifs is 1. The molecule has 0 N–H and O–H groups in total. The summed E-state index contributed by atoms with van der Waals surface area (Å²) in [6, 6.07) is 8.66. The number of benzene rings is 1. The fraction of sp³-hybridized carbons (Fsp3) is 0.200. The molecule has 1 radical (unpaired) electrons. The van der Waals surface area contributed by atoms with Gasteiger partial charge in [-0.05, 0) is 6.42 Å². The Kier molecular flexibility index (Phi) is 3.39. The largest absolute Gasteiger partial charge is 0.296 e. The molecule has 0 atom stereocenters. The average Bonchev–Trinajstić information content (AvgIpc) is 2.50. The van der Waals surface area contributed by atoms with Crippen LogP contribution in [0, 0.1) is 5.38 Å². The minimum absolute atomic E-state index is 0. The summed E-state index contributed by atoms with van der Waals surface area (Å²) in [7, 11) is 0. The first kappa shape index (κ1) is 9.85. The van der Waals surface area contributed by atoms with Crippen molar-refractivity contribution in [1.29, 1.82) is 0 Å². The SMILES string of the molecule is CCc1ccc2s[c-]cc2c1.[V]. The van der Waals surface area contributed by atoms with Crippen molar-refractivity contribution >= 4 is 21.4 Å². The zero-order valence-corrected chi connectivity index (χ0v) is 9.09. The molecule has 0 unspecified atom stereocenters. The van der Waals surface area contributed by atoms with Crippen LogP contribution >= 0.6 is 11.3 Å². The van der Waals surface area contributed by atoms with Crippen molar-refractivity contribution in [3.05, 3.63) is 35.2 Å². The second-order valence-corrected chi connectivity index (χ2v) is 3.47. The third-order valence-electron chi connectivity index (χ3n) is 1.87. The topological polar surface area (TPSA) is 0 Å². The Balaban J connectivity index is 0.000000720. The Morgan fingerprint density at radius 1 is 1.42 bits per heavy atom. The van der Waals surface area contributed by atoms with E-state index in [1.165, 1.54) is 15.6 Å². The van der Waals surface area contributed by atoms with Crippen LogP contribution in [0.3, 0.4) is 0 Å². The van der Waals surface area contributed by atoms with Gasteiger partial charge < -0.3 is 0 Å². The second-order valence-electron chi connectivity index (χ2n) is 2.59. The minimum atomic E-state index is 0. The van der Waals surface area contributed by atoms with Crippen LogP contribution in [-0.2, 0) is 25.0 Å². The Bertz CT molecular complexity index is 365. The van der Waals surface area contributed by atoms with Gasteiger partial charge in [0.05, 0.1) is 0 Å². The molecule has 0 bridgehead atoms. The molecule has 12 heavy (non-hydrogen) atoms. The summed E-state index contributed by atoms with van der Waals surface area (Å²) in [5.74, 6) is 0. The van der Waals surface area contributed by atoms with Gasteiger partial charge in [0.2, 0.25) is 0 Å². The first-order valence-corrected chi connectivity index (χ1v) is 4.60. The molecule has 61 valence electrons. The van der Waals surface area contributed by atoms with Gasteiger partial charge in [0.1, 0.15) is 0 Å². The van der Waals surface area contributed by atoms with E-state index in [-0.39, 0.29) is 18.6 Å². The summed E-state index contributed by atoms with van der Waals surface area (Å²) in [4.78, 5) is 0. The van der Waals surface area contributed by atoms with E-state index < -0.39 is 0 Å². The molecule has 0 amide bonds. The third-order valence-corrected chi connectivity index (χ3v) is 2.69. The van der Waals surface area contributed by atoms with Crippen LogP contribution in [0.1, 0.15) is 12.5 Å². The molecule has 2 heteroatoms. The Labute approximate surface area is 88.5 Å². The summed E-state index contributed by atoms with van der Waals surface area (Å²) >= 11 is 1.68. The van der Waals surface area contributed by atoms with Crippen LogP contribution in [0.2, 0.25) is 0 Å². The summed E-state index contributed by atoms with van der Waals surface area (Å²) < 4.78 is 1.34. The second kappa shape index (κ2) is 4.13. The molecule has 0 fully saturated rings. The van der Waals surface area contributed by atoms with E-state index in [0.717, 1.165) is 6.42 Å². The van der Waals surface area contributed by atoms with E-state index in [9.17, 15) is 0 Å². The van der Waals surface area contributed by atoms with Crippen molar-refractivity contribution in [2.45, 2.75) is 13.3 Å². The fourth-order valence-electron chi connectivity index (χ4n) is 1.18. The molecule has 0 saturated carbocycles. The summed E-state index contributed by atoms with van der Waals surface area (Å²) in [6.45, 7) is 2.18. The van der Waals surface area contributed by atoms with E-state index >= 15 is 0 Å². The first-order valence-electron chi connectivity index (χ1n) is 3.78. The van der Waals surface area contributed by atoms with Crippen molar-refractivity contribution in [3.63, 3.8) is 0 Å². The van der Waals surface area contributed by atoms with Gasteiger partial charge in [-0.3, -0.25) is 11.3 Å². The quantitative estimate of drug-likeness (QED) is 0.636. The molecule has 0 aliphatic heterocycles. The number of hydrogen-bond acceptors (Lipinski definition) is 1. The van der Waals surface area contributed by atoms with Crippen LogP contribution in [0.15, 0.2) is 24.3 Å². The maximum absolute atomic E-state index is 3.13. The Morgan fingerprint density at radius 3 is 3.00 bits per heavy atom. The molecule has 0 saturated heterocycles. The van der Waals surface area contributed by atoms with Crippen LogP contribution in [0.25, 0.3) is 10.1 Å². The predicted molar refractivity (Wildman–Crippen MR) is 50.0 cm³/mol. The smallest absolute Gasteiger partial charge is 0 e. The van der Waals surface area contributed by atoms with Crippen LogP contribution < -0.4 is 0 Å². The van der Waals surface area contributed by atoms with Gasteiger partial charge in [-0.25, -0.2) is 0 Å². The predicted octanol–water partition coefficient (Wildman–Crippen LogP) is 3.26. The number of hydrogen-bond donors (Lipinski definition) is 0. The van der Waals surface area contributed by atoms with E-state index in [0.29, 0.717) is 0 Å². The fourth-order valence-corrected chi connectivity index (χ4v) is 1.86. The molecule has 1 heterocycles. The van der Waals surface area contributed by atoms with Crippen molar-refractivity contribution in [1.82, 2.24) is 0 Å². The van der Waals surface area contributed by atoms with Crippen molar-refractivity contribution < 1.29 is 18.6 Å². The van der Waals surface area contributed by atoms with Crippen LogP contribution in [-0.4, -0.2) is 0 Å². The molecule has 2 rings (SSSR count). The van der Waals surface area contributed by atoms with Crippen molar-refractivity contribution in [2.24, 2.45) is 0 Å². The number of rotatable bonds is 1. The number of aryl methyl sites for hydroxylation is 1. The van der Waals surface area contributed by atoms with Gasteiger partial charge in [0.15, 0.2) is 0 Å². The summed E-state index contributed by atoms with van der Waals surface area (Å²) in [5.41, 5.74) is 1.41. The zero-order chi connectivity index (χ0) is 7.68. The summed E-state index contributed by atoms with van der Waals surface area (Å²) in [5, 5.41) is 4.46. The molecule has 0 aliphatic rings. The molecule has 0 nitrogen and oxygen atoms in total. The first-order chi connectivity index (χ1) is 5.40. The van der Waals surface area contributed by atoms with E-state index in [4.69, 9.17) is 0 Å². The molecular formula is C10H9SV-. The van der Waals surface area contributed by atoms with E-state index in [1.54, 1.807) is 11.3 Å². The minimum Gasteiger partial charge on any atom is -0.296 e. The maximum Gasteiger partial charge on any atom is 0 e. The molecule has 1 aromatic heterocycles. The van der Waals surface area contributed by atoms with Crippen molar-refractivity contribution in [2.75, 3.05) is 0 Å². The Morgan fingerprint density at radius 2 is 2.25 bits per heavy atom. The number of thiophene rings is 1. The van der Waals surface area contributed by atoms with Gasteiger partial charge in [-0.15, -0.1) is 22.2 Å². The van der Waals surface area contributed by atoms with Gasteiger partial charge in [0.25, 0.3) is 0 Å².